The van der Waals surface area contributed by atoms with Crippen molar-refractivity contribution in [3.05, 3.63) is 94.0 Å². The number of aryl methyl sites for hydroxylation is 1. The van der Waals surface area contributed by atoms with E-state index in [1.807, 2.05) is 19.1 Å². The van der Waals surface area contributed by atoms with Crippen LogP contribution in [0.1, 0.15) is 50.7 Å². The second-order valence-electron chi connectivity index (χ2n) is 10.2. The number of hydrogen-bond acceptors (Lipinski definition) is 4. The third-order valence-corrected chi connectivity index (χ3v) is 9.97. The van der Waals surface area contributed by atoms with Crippen LogP contribution in [0.5, 0.6) is 0 Å². The summed E-state index contributed by atoms with van der Waals surface area (Å²) in [6.07, 6.45) is 4.47. The van der Waals surface area contributed by atoms with Gasteiger partial charge in [-0.25, -0.2) is 8.42 Å². The van der Waals surface area contributed by atoms with Gasteiger partial charge in [-0.1, -0.05) is 85.4 Å². The average molecular weight is 617 g/mol. The van der Waals surface area contributed by atoms with E-state index in [-0.39, 0.29) is 23.4 Å². The van der Waals surface area contributed by atoms with E-state index < -0.39 is 28.5 Å². The van der Waals surface area contributed by atoms with E-state index in [1.165, 1.54) is 17.0 Å². The van der Waals surface area contributed by atoms with Crippen LogP contribution in [0, 0.1) is 0 Å². The summed E-state index contributed by atoms with van der Waals surface area (Å²) in [6.45, 7) is 3.15. The maximum atomic E-state index is 14.1. The smallest absolute Gasteiger partial charge is 0.264 e. The van der Waals surface area contributed by atoms with Gasteiger partial charge < -0.3 is 10.2 Å². The Morgan fingerprint density at radius 2 is 1.61 bits per heavy atom. The molecule has 2 amide bonds. The first-order valence-electron chi connectivity index (χ1n) is 13.8. The molecule has 1 N–H and O–H groups in total. The lowest BCUT2D eigenvalue weighted by Gasteiger charge is -2.33. The predicted octanol–water partition coefficient (Wildman–Crippen LogP) is 6.23. The van der Waals surface area contributed by atoms with Crippen molar-refractivity contribution < 1.29 is 18.0 Å². The number of nitrogens with one attached hydrogen (secondary N) is 1. The van der Waals surface area contributed by atoms with Gasteiger partial charge >= 0.3 is 0 Å². The Morgan fingerprint density at radius 3 is 2.27 bits per heavy atom. The van der Waals surface area contributed by atoms with Crippen molar-refractivity contribution in [3.8, 4) is 0 Å². The number of carbonyl (C=O) groups is 2. The van der Waals surface area contributed by atoms with Crippen LogP contribution in [-0.4, -0.2) is 43.8 Å². The first-order valence-corrected chi connectivity index (χ1v) is 16.0. The van der Waals surface area contributed by atoms with Gasteiger partial charge in [0.2, 0.25) is 11.8 Å². The number of nitrogens with zero attached hydrogens (tertiary/aromatic N) is 2. The van der Waals surface area contributed by atoms with Crippen LogP contribution in [0.15, 0.2) is 77.7 Å². The van der Waals surface area contributed by atoms with Crippen LogP contribution < -0.4 is 9.62 Å². The van der Waals surface area contributed by atoms with E-state index in [1.54, 1.807) is 55.5 Å². The van der Waals surface area contributed by atoms with Crippen LogP contribution >= 0.6 is 23.2 Å². The lowest BCUT2D eigenvalue weighted by Crippen LogP contribution is -2.52. The van der Waals surface area contributed by atoms with Gasteiger partial charge in [-0.2, -0.15) is 0 Å². The first kappa shape index (κ1) is 30.9. The normalized spacial score (nSPS) is 14.4. The molecule has 0 radical (unpaired) electrons. The average Bonchev–Trinajstić information content (AvgIpc) is 3.49. The molecule has 1 atom stereocenters. The zero-order valence-electron chi connectivity index (χ0n) is 23.2. The number of rotatable bonds is 11. The molecule has 3 aromatic carbocycles. The Hall–Kier alpha value is -3.07. The van der Waals surface area contributed by atoms with Crippen LogP contribution in [0.3, 0.4) is 0 Å². The number of benzene rings is 3. The standard InChI is InChI=1S/C31H35Cl2N3O4S/c1-3-24-11-7-10-16-29(24)36(41(39,40)26-14-5-4-6-15-26)21-30(37)35(20-23-17-18-27(32)28(33)19-23)22(2)31(38)34-25-12-8-9-13-25/h4-7,10-11,14-19,22,25H,3,8-9,12-13,20-21H2,1-2H3,(H,34,38)/t22-/m1/s1. The Bertz CT molecular complexity index is 1480. The lowest BCUT2D eigenvalue weighted by molar-refractivity contribution is -0.139. The summed E-state index contributed by atoms with van der Waals surface area (Å²) in [7, 11) is -4.12. The highest BCUT2D eigenvalue weighted by Crippen LogP contribution is 2.29. The summed E-state index contributed by atoms with van der Waals surface area (Å²) < 4.78 is 29.1. The van der Waals surface area contributed by atoms with Crippen molar-refractivity contribution >= 4 is 50.7 Å². The van der Waals surface area contributed by atoms with Crippen molar-refractivity contribution in [2.45, 2.75) is 69.5 Å². The number of anilines is 1. The Morgan fingerprint density at radius 1 is 0.951 bits per heavy atom. The van der Waals surface area contributed by atoms with Gasteiger partial charge in [0.1, 0.15) is 12.6 Å². The molecule has 1 fully saturated rings. The minimum absolute atomic E-state index is 0.0453. The van der Waals surface area contributed by atoms with Gasteiger partial charge in [-0.3, -0.25) is 13.9 Å². The van der Waals surface area contributed by atoms with Crippen LogP contribution in [-0.2, 0) is 32.6 Å². The summed E-state index contributed by atoms with van der Waals surface area (Å²) in [5.74, 6) is -0.799. The number of hydrogen-bond donors (Lipinski definition) is 1. The van der Waals surface area contributed by atoms with E-state index in [9.17, 15) is 18.0 Å². The SMILES string of the molecule is CCc1ccccc1N(CC(=O)N(Cc1ccc(Cl)c(Cl)c1)[C@H](C)C(=O)NC1CCCC1)S(=O)(=O)c1ccccc1. The third-order valence-electron chi connectivity index (χ3n) is 7.46. The molecular weight excluding hydrogens is 581 g/mol. The van der Waals surface area contributed by atoms with E-state index in [0.29, 0.717) is 27.7 Å². The van der Waals surface area contributed by atoms with Crippen LogP contribution in [0.2, 0.25) is 10.0 Å². The van der Waals surface area contributed by atoms with E-state index in [0.717, 1.165) is 35.6 Å². The summed E-state index contributed by atoms with van der Waals surface area (Å²) in [4.78, 5) is 29.0. The van der Waals surface area contributed by atoms with Crippen LogP contribution in [0.25, 0.3) is 0 Å². The predicted molar refractivity (Wildman–Crippen MR) is 164 cm³/mol. The number of amides is 2. The van der Waals surface area contributed by atoms with Gasteiger partial charge in [0.05, 0.1) is 20.6 Å². The first-order chi connectivity index (χ1) is 19.6. The summed E-state index contributed by atoms with van der Waals surface area (Å²) in [5, 5.41) is 3.76. The molecule has 0 aliphatic heterocycles. The Labute approximate surface area is 252 Å². The minimum atomic E-state index is -4.12. The zero-order valence-corrected chi connectivity index (χ0v) is 25.6. The Kier molecular flexibility index (Phi) is 10.3. The van der Waals surface area contributed by atoms with Gasteiger partial charge in [-0.15, -0.1) is 0 Å². The maximum absolute atomic E-state index is 14.1. The topological polar surface area (TPSA) is 86.8 Å². The number of halogens is 2. The van der Waals surface area contributed by atoms with Crippen LogP contribution in [0.4, 0.5) is 5.69 Å². The molecule has 0 bridgehead atoms. The fourth-order valence-corrected chi connectivity index (χ4v) is 6.89. The second-order valence-corrected chi connectivity index (χ2v) is 12.9. The Balaban J connectivity index is 1.71. The summed E-state index contributed by atoms with van der Waals surface area (Å²) >= 11 is 12.4. The van der Waals surface area contributed by atoms with Crippen molar-refractivity contribution in [1.82, 2.24) is 10.2 Å². The molecule has 0 saturated heterocycles. The number of sulfonamides is 1. The summed E-state index contributed by atoms with van der Waals surface area (Å²) in [5.41, 5.74) is 1.87. The van der Waals surface area contributed by atoms with Crippen molar-refractivity contribution in [2.75, 3.05) is 10.8 Å². The second kappa shape index (κ2) is 13.7. The molecule has 7 nitrogen and oxygen atoms in total. The quantitative estimate of drug-likeness (QED) is 0.277. The molecule has 1 aliphatic rings. The largest absolute Gasteiger partial charge is 0.352 e. The van der Waals surface area contributed by atoms with Crippen molar-refractivity contribution in [3.63, 3.8) is 0 Å². The lowest BCUT2D eigenvalue weighted by atomic mass is 10.1. The monoisotopic (exact) mass is 615 g/mol. The van der Waals surface area contributed by atoms with Gasteiger partial charge in [0.15, 0.2) is 0 Å². The molecule has 3 aromatic rings. The highest BCUT2D eigenvalue weighted by molar-refractivity contribution is 7.92. The minimum Gasteiger partial charge on any atom is -0.352 e. The zero-order chi connectivity index (χ0) is 29.6. The molecule has 0 unspecified atom stereocenters. The van der Waals surface area contributed by atoms with E-state index in [4.69, 9.17) is 23.2 Å². The molecule has 4 rings (SSSR count). The fourth-order valence-electron chi connectivity index (χ4n) is 5.10. The fraction of sp³-hybridized carbons (Fsp3) is 0.355. The molecule has 0 heterocycles. The van der Waals surface area contributed by atoms with Gasteiger partial charge in [0, 0.05) is 12.6 Å². The molecule has 218 valence electrons. The molecule has 0 aromatic heterocycles. The molecule has 41 heavy (non-hydrogen) atoms. The number of carbonyl (C=O) groups excluding carboxylic acids is 2. The van der Waals surface area contributed by atoms with Crippen molar-refractivity contribution in [1.29, 1.82) is 0 Å². The van der Waals surface area contributed by atoms with Gasteiger partial charge in [0.25, 0.3) is 10.0 Å². The van der Waals surface area contributed by atoms with Gasteiger partial charge in [-0.05, 0) is 67.6 Å². The summed E-state index contributed by atoms with van der Waals surface area (Å²) in [6, 6.07) is 19.4. The molecule has 1 saturated carbocycles. The number of para-hydroxylation sites is 1. The van der Waals surface area contributed by atoms with E-state index >= 15 is 0 Å². The highest BCUT2D eigenvalue weighted by Gasteiger charge is 2.34. The van der Waals surface area contributed by atoms with E-state index in [2.05, 4.69) is 5.32 Å². The maximum Gasteiger partial charge on any atom is 0.264 e. The molecule has 10 heteroatoms. The van der Waals surface area contributed by atoms with Crippen molar-refractivity contribution in [2.24, 2.45) is 0 Å². The highest BCUT2D eigenvalue weighted by atomic mass is 35.5. The molecule has 1 aliphatic carbocycles. The third kappa shape index (κ3) is 7.42. The molecule has 0 spiro atoms. The molecular formula is C31H35Cl2N3O4S.